The van der Waals surface area contributed by atoms with Crippen LogP contribution in [0.4, 0.5) is 5.69 Å². The minimum absolute atomic E-state index is 0.124. The number of benzene rings is 1. The molecule has 116 valence electrons. The number of carbonyl (C=O) groups excluding carboxylic acids is 1. The summed E-state index contributed by atoms with van der Waals surface area (Å²) in [7, 11) is 1.69. The van der Waals surface area contributed by atoms with Crippen LogP contribution in [0.15, 0.2) is 24.3 Å². The zero-order valence-corrected chi connectivity index (χ0v) is 12.9. The Bertz CT molecular complexity index is 442. The highest BCUT2D eigenvalue weighted by Crippen LogP contribution is 2.20. The summed E-state index contributed by atoms with van der Waals surface area (Å²) in [5.41, 5.74) is 2.06. The molecule has 0 bridgehead atoms. The number of amides is 1. The topological polar surface area (TPSA) is 50.4 Å². The molecule has 1 aromatic carbocycles. The van der Waals surface area contributed by atoms with Crippen molar-refractivity contribution in [2.45, 2.75) is 32.1 Å². The van der Waals surface area contributed by atoms with E-state index in [1.54, 1.807) is 7.11 Å². The summed E-state index contributed by atoms with van der Waals surface area (Å²) in [4.78, 5) is 12.1. The molecule has 4 nitrogen and oxygen atoms in total. The summed E-state index contributed by atoms with van der Waals surface area (Å²) < 4.78 is 5.11. The predicted octanol–water partition coefficient (Wildman–Crippen LogP) is 2.59. The number of para-hydroxylation sites is 1. The Morgan fingerprint density at radius 3 is 2.86 bits per heavy atom. The van der Waals surface area contributed by atoms with Gasteiger partial charge < -0.3 is 15.4 Å². The average Bonchev–Trinajstić information content (AvgIpc) is 2.53. The Kier molecular flexibility index (Phi) is 6.70. The van der Waals surface area contributed by atoms with Crippen LogP contribution >= 0.6 is 0 Å². The van der Waals surface area contributed by atoms with Gasteiger partial charge >= 0.3 is 0 Å². The van der Waals surface area contributed by atoms with E-state index in [0.29, 0.717) is 18.9 Å². The number of carbonyl (C=O) groups is 1. The molecule has 1 aliphatic heterocycles. The number of anilines is 1. The van der Waals surface area contributed by atoms with Gasteiger partial charge in [0.15, 0.2) is 0 Å². The maximum absolute atomic E-state index is 12.1. The molecule has 2 N–H and O–H groups in total. The molecule has 2 rings (SSSR count). The number of methoxy groups -OCH3 is 1. The Balaban J connectivity index is 1.81. The zero-order valence-electron chi connectivity index (χ0n) is 12.9. The first kappa shape index (κ1) is 16.0. The van der Waals surface area contributed by atoms with E-state index in [1.807, 2.05) is 24.3 Å². The van der Waals surface area contributed by atoms with Gasteiger partial charge in [0.2, 0.25) is 5.91 Å². The van der Waals surface area contributed by atoms with E-state index >= 15 is 0 Å². The number of rotatable bonds is 7. The lowest BCUT2D eigenvalue weighted by Crippen LogP contribution is -2.28. The monoisotopic (exact) mass is 290 g/mol. The van der Waals surface area contributed by atoms with Gasteiger partial charge in [0.25, 0.3) is 0 Å². The van der Waals surface area contributed by atoms with Gasteiger partial charge in [0.1, 0.15) is 0 Å². The minimum atomic E-state index is 0.124. The summed E-state index contributed by atoms with van der Waals surface area (Å²) >= 11 is 0. The fourth-order valence-electron chi connectivity index (χ4n) is 2.79. The summed E-state index contributed by atoms with van der Waals surface area (Å²) in [5, 5.41) is 6.41. The van der Waals surface area contributed by atoms with Crippen molar-refractivity contribution in [3.63, 3.8) is 0 Å². The van der Waals surface area contributed by atoms with Crippen molar-refractivity contribution in [1.29, 1.82) is 0 Å². The van der Waals surface area contributed by atoms with Crippen LogP contribution in [0.1, 0.15) is 31.2 Å². The van der Waals surface area contributed by atoms with Gasteiger partial charge in [-0.2, -0.15) is 0 Å². The highest BCUT2D eigenvalue weighted by Gasteiger charge is 2.15. The van der Waals surface area contributed by atoms with Crippen molar-refractivity contribution in [2.75, 3.05) is 32.1 Å². The lowest BCUT2D eigenvalue weighted by atomic mass is 9.93. The van der Waals surface area contributed by atoms with Crippen molar-refractivity contribution in [1.82, 2.24) is 5.32 Å². The van der Waals surface area contributed by atoms with E-state index in [-0.39, 0.29) is 5.91 Å². The molecule has 4 heteroatoms. The molecule has 1 aliphatic rings. The second-order valence-corrected chi connectivity index (χ2v) is 5.68. The Hall–Kier alpha value is -1.39. The predicted molar refractivity (Wildman–Crippen MR) is 85.5 cm³/mol. The van der Waals surface area contributed by atoms with Gasteiger partial charge in [-0.3, -0.25) is 4.79 Å². The fourth-order valence-corrected chi connectivity index (χ4v) is 2.79. The maximum atomic E-state index is 12.1. The van der Waals surface area contributed by atoms with Gasteiger partial charge in [-0.25, -0.2) is 0 Å². The van der Waals surface area contributed by atoms with E-state index in [9.17, 15) is 4.79 Å². The number of ether oxygens (including phenoxy) is 1. The first-order valence-corrected chi connectivity index (χ1v) is 7.87. The normalized spacial score (nSPS) is 15.9. The number of hydrogen-bond donors (Lipinski definition) is 2. The smallest absolute Gasteiger partial charge is 0.224 e. The quantitative estimate of drug-likeness (QED) is 0.811. The third-order valence-electron chi connectivity index (χ3n) is 4.11. The molecule has 1 aromatic rings. The Labute approximate surface area is 127 Å². The molecular formula is C17H26N2O2. The Morgan fingerprint density at radius 2 is 2.10 bits per heavy atom. The second kappa shape index (κ2) is 8.80. The van der Waals surface area contributed by atoms with Crippen LogP contribution in [-0.4, -0.2) is 32.7 Å². The Morgan fingerprint density at radius 1 is 1.33 bits per heavy atom. The molecule has 0 spiro atoms. The van der Waals surface area contributed by atoms with Crippen LogP contribution in [0, 0.1) is 5.92 Å². The molecule has 0 unspecified atom stereocenters. The van der Waals surface area contributed by atoms with E-state index in [2.05, 4.69) is 10.6 Å². The summed E-state index contributed by atoms with van der Waals surface area (Å²) in [5.74, 6) is 0.819. The van der Waals surface area contributed by atoms with Gasteiger partial charge in [0.05, 0.1) is 6.61 Å². The second-order valence-electron chi connectivity index (χ2n) is 5.68. The number of nitrogens with one attached hydrogen (secondary N) is 2. The standard InChI is InChI=1S/C17H26N2O2/c1-21-13-10-15-4-2-3-5-16(15)19-17(20)7-6-14-8-11-18-12-9-14/h2-5,14,18H,6-13H2,1H3,(H,19,20). The van der Waals surface area contributed by atoms with Crippen LogP contribution in [0.2, 0.25) is 0 Å². The fraction of sp³-hybridized carbons (Fsp3) is 0.588. The van der Waals surface area contributed by atoms with Crippen molar-refractivity contribution < 1.29 is 9.53 Å². The van der Waals surface area contributed by atoms with Crippen molar-refractivity contribution in [2.24, 2.45) is 5.92 Å². The third-order valence-corrected chi connectivity index (χ3v) is 4.11. The molecule has 1 heterocycles. The van der Waals surface area contributed by atoms with Crippen LogP contribution in [0.25, 0.3) is 0 Å². The maximum Gasteiger partial charge on any atom is 0.224 e. The van der Waals surface area contributed by atoms with E-state index < -0.39 is 0 Å². The van der Waals surface area contributed by atoms with Gasteiger partial charge in [-0.05, 0) is 56.3 Å². The first-order valence-electron chi connectivity index (χ1n) is 7.87. The lowest BCUT2D eigenvalue weighted by molar-refractivity contribution is -0.116. The van der Waals surface area contributed by atoms with E-state index in [1.165, 1.54) is 12.8 Å². The third kappa shape index (κ3) is 5.48. The van der Waals surface area contributed by atoms with Crippen molar-refractivity contribution >= 4 is 11.6 Å². The van der Waals surface area contributed by atoms with Gasteiger partial charge in [-0.15, -0.1) is 0 Å². The summed E-state index contributed by atoms with van der Waals surface area (Å²) in [6, 6.07) is 7.96. The molecule has 21 heavy (non-hydrogen) atoms. The highest BCUT2D eigenvalue weighted by molar-refractivity contribution is 5.91. The first-order chi connectivity index (χ1) is 10.3. The molecule has 0 aliphatic carbocycles. The molecular weight excluding hydrogens is 264 g/mol. The van der Waals surface area contributed by atoms with Crippen molar-refractivity contribution in [3.8, 4) is 0 Å². The largest absolute Gasteiger partial charge is 0.384 e. The van der Waals surface area contributed by atoms with Crippen LogP contribution in [0.3, 0.4) is 0 Å². The number of hydrogen-bond acceptors (Lipinski definition) is 3. The molecule has 1 fully saturated rings. The van der Waals surface area contributed by atoms with Crippen LogP contribution in [-0.2, 0) is 16.0 Å². The average molecular weight is 290 g/mol. The molecule has 1 saturated heterocycles. The molecule has 0 aromatic heterocycles. The molecule has 0 saturated carbocycles. The highest BCUT2D eigenvalue weighted by atomic mass is 16.5. The van der Waals surface area contributed by atoms with Crippen LogP contribution < -0.4 is 10.6 Å². The SMILES string of the molecule is COCCc1ccccc1NC(=O)CCC1CCNCC1. The minimum Gasteiger partial charge on any atom is -0.384 e. The van der Waals surface area contributed by atoms with E-state index in [4.69, 9.17) is 4.74 Å². The lowest BCUT2D eigenvalue weighted by Gasteiger charge is -2.22. The molecule has 0 atom stereocenters. The van der Waals surface area contributed by atoms with Gasteiger partial charge in [-0.1, -0.05) is 18.2 Å². The van der Waals surface area contributed by atoms with E-state index in [0.717, 1.165) is 37.2 Å². The summed E-state index contributed by atoms with van der Waals surface area (Å²) in [6.45, 7) is 2.85. The van der Waals surface area contributed by atoms with Crippen LogP contribution in [0.5, 0.6) is 0 Å². The van der Waals surface area contributed by atoms with Crippen molar-refractivity contribution in [3.05, 3.63) is 29.8 Å². The molecule has 1 amide bonds. The summed E-state index contributed by atoms with van der Waals surface area (Å²) in [6.07, 6.45) is 4.81. The van der Waals surface area contributed by atoms with Gasteiger partial charge in [0, 0.05) is 19.2 Å². The number of piperidine rings is 1. The zero-order chi connectivity index (χ0) is 14.9. The molecule has 0 radical (unpaired) electrons.